The van der Waals surface area contributed by atoms with Gasteiger partial charge in [-0.15, -0.1) is 11.3 Å². The standard InChI is InChI=1S/C15H18N4O2S/c1-9-6-10(2)19(18-9)8-14(20)16-17-15(21)13-7-11-4-3-5-12(11)22-13/h6-7H,3-5,8H2,1-2H3,(H,16,20)(H,17,21). The van der Waals surface area contributed by atoms with Gasteiger partial charge in [-0.3, -0.25) is 25.1 Å². The molecule has 0 spiro atoms. The van der Waals surface area contributed by atoms with Crippen molar-refractivity contribution >= 4 is 23.2 Å². The van der Waals surface area contributed by atoms with Gasteiger partial charge in [0, 0.05) is 10.6 Å². The number of hydrazine groups is 1. The van der Waals surface area contributed by atoms with Crippen LogP contribution in [-0.2, 0) is 24.2 Å². The van der Waals surface area contributed by atoms with Crippen LogP contribution in [0.4, 0.5) is 0 Å². The van der Waals surface area contributed by atoms with Crippen LogP contribution in [0.1, 0.15) is 37.9 Å². The molecule has 1 aliphatic rings. The summed E-state index contributed by atoms with van der Waals surface area (Å²) in [5, 5.41) is 4.21. The highest BCUT2D eigenvalue weighted by atomic mass is 32.1. The first kappa shape index (κ1) is 14.8. The predicted molar refractivity (Wildman–Crippen MR) is 83.7 cm³/mol. The SMILES string of the molecule is Cc1cc(C)n(CC(=O)NNC(=O)c2cc3c(s2)CCC3)n1. The minimum absolute atomic E-state index is 0.0842. The lowest BCUT2D eigenvalue weighted by atomic mass is 10.2. The monoisotopic (exact) mass is 318 g/mol. The van der Waals surface area contributed by atoms with Crippen molar-refractivity contribution in [2.24, 2.45) is 0 Å². The molecule has 2 amide bonds. The fourth-order valence-corrected chi connectivity index (χ4v) is 3.79. The van der Waals surface area contributed by atoms with E-state index in [4.69, 9.17) is 0 Å². The van der Waals surface area contributed by atoms with E-state index >= 15 is 0 Å². The van der Waals surface area contributed by atoms with Crippen LogP contribution in [0.2, 0.25) is 0 Å². The summed E-state index contributed by atoms with van der Waals surface area (Å²) in [4.78, 5) is 25.8. The van der Waals surface area contributed by atoms with Gasteiger partial charge < -0.3 is 0 Å². The van der Waals surface area contributed by atoms with Gasteiger partial charge in [0.1, 0.15) is 6.54 Å². The predicted octanol–water partition coefficient (Wildman–Crippen LogP) is 1.51. The topological polar surface area (TPSA) is 76.0 Å². The Morgan fingerprint density at radius 3 is 2.77 bits per heavy atom. The first-order valence-corrected chi connectivity index (χ1v) is 8.06. The second-order valence-electron chi connectivity index (χ2n) is 5.50. The van der Waals surface area contributed by atoms with Crippen molar-refractivity contribution in [3.8, 4) is 0 Å². The number of aryl methyl sites for hydroxylation is 4. The fourth-order valence-electron chi connectivity index (χ4n) is 2.64. The number of hydrogen-bond acceptors (Lipinski definition) is 4. The molecule has 0 bridgehead atoms. The molecule has 0 saturated heterocycles. The van der Waals surface area contributed by atoms with Gasteiger partial charge in [0.15, 0.2) is 0 Å². The second-order valence-corrected chi connectivity index (χ2v) is 6.64. The van der Waals surface area contributed by atoms with Gasteiger partial charge in [0.05, 0.1) is 10.6 Å². The van der Waals surface area contributed by atoms with E-state index in [9.17, 15) is 9.59 Å². The third kappa shape index (κ3) is 3.04. The van der Waals surface area contributed by atoms with E-state index in [0.717, 1.165) is 24.2 Å². The smallest absolute Gasteiger partial charge is 0.271 e. The molecule has 7 heteroatoms. The zero-order valence-corrected chi connectivity index (χ0v) is 13.4. The molecule has 2 heterocycles. The van der Waals surface area contributed by atoms with Crippen LogP contribution in [0.25, 0.3) is 0 Å². The Morgan fingerprint density at radius 1 is 1.27 bits per heavy atom. The Hall–Kier alpha value is -2.15. The molecule has 2 N–H and O–H groups in total. The van der Waals surface area contributed by atoms with Crippen LogP contribution < -0.4 is 10.9 Å². The molecular formula is C15H18N4O2S. The van der Waals surface area contributed by atoms with E-state index in [0.29, 0.717) is 4.88 Å². The van der Waals surface area contributed by atoms with Crippen LogP contribution in [0.15, 0.2) is 12.1 Å². The Morgan fingerprint density at radius 2 is 2.09 bits per heavy atom. The number of nitrogens with one attached hydrogen (secondary N) is 2. The summed E-state index contributed by atoms with van der Waals surface area (Å²) < 4.78 is 1.61. The minimum atomic E-state index is -0.302. The van der Waals surface area contributed by atoms with Gasteiger partial charge in [-0.1, -0.05) is 0 Å². The number of hydrogen-bond donors (Lipinski definition) is 2. The first-order valence-electron chi connectivity index (χ1n) is 7.25. The zero-order chi connectivity index (χ0) is 15.7. The number of thiophene rings is 1. The number of carbonyl (C=O) groups excluding carboxylic acids is 2. The Kier molecular flexibility index (Phi) is 3.98. The quantitative estimate of drug-likeness (QED) is 0.842. The van der Waals surface area contributed by atoms with Gasteiger partial charge in [0.25, 0.3) is 11.8 Å². The highest BCUT2D eigenvalue weighted by Crippen LogP contribution is 2.30. The second kappa shape index (κ2) is 5.92. The van der Waals surface area contributed by atoms with Crippen molar-refractivity contribution in [1.29, 1.82) is 0 Å². The van der Waals surface area contributed by atoms with Gasteiger partial charge in [-0.25, -0.2) is 0 Å². The van der Waals surface area contributed by atoms with Crippen molar-refractivity contribution in [3.63, 3.8) is 0 Å². The van der Waals surface area contributed by atoms with Crippen LogP contribution >= 0.6 is 11.3 Å². The average Bonchev–Trinajstić information content (AvgIpc) is 3.11. The summed E-state index contributed by atoms with van der Waals surface area (Å²) in [6.07, 6.45) is 3.27. The molecular weight excluding hydrogens is 300 g/mol. The summed E-state index contributed by atoms with van der Waals surface area (Å²) in [6, 6.07) is 3.83. The lowest BCUT2D eigenvalue weighted by molar-refractivity contribution is -0.122. The maximum absolute atomic E-state index is 12.0. The molecule has 22 heavy (non-hydrogen) atoms. The number of amides is 2. The third-order valence-corrected chi connectivity index (χ3v) is 4.92. The van der Waals surface area contributed by atoms with Crippen LogP contribution in [0, 0.1) is 13.8 Å². The van der Waals surface area contributed by atoms with Gasteiger partial charge in [-0.05, 0) is 50.8 Å². The number of rotatable bonds is 3. The highest BCUT2D eigenvalue weighted by molar-refractivity contribution is 7.14. The van der Waals surface area contributed by atoms with Crippen molar-refractivity contribution < 1.29 is 9.59 Å². The lowest BCUT2D eigenvalue weighted by Gasteiger charge is -2.07. The molecule has 6 nitrogen and oxygen atoms in total. The summed E-state index contributed by atoms with van der Waals surface area (Å²) in [7, 11) is 0. The minimum Gasteiger partial charge on any atom is -0.271 e. The van der Waals surface area contributed by atoms with Gasteiger partial charge in [0.2, 0.25) is 0 Å². The van der Waals surface area contributed by atoms with E-state index in [1.807, 2.05) is 26.0 Å². The molecule has 3 rings (SSSR count). The van der Waals surface area contributed by atoms with Crippen molar-refractivity contribution in [2.45, 2.75) is 39.7 Å². The van der Waals surface area contributed by atoms with Crippen LogP contribution in [0.5, 0.6) is 0 Å². The molecule has 0 saturated carbocycles. The molecule has 0 atom stereocenters. The summed E-state index contributed by atoms with van der Waals surface area (Å²) in [5.74, 6) is -0.565. The zero-order valence-electron chi connectivity index (χ0n) is 12.6. The van der Waals surface area contributed by atoms with E-state index in [2.05, 4.69) is 16.0 Å². The molecule has 0 aliphatic heterocycles. The Labute approximate surface area is 132 Å². The van der Waals surface area contributed by atoms with E-state index < -0.39 is 0 Å². The Balaban J connectivity index is 1.54. The van der Waals surface area contributed by atoms with Gasteiger partial charge in [-0.2, -0.15) is 5.10 Å². The Bertz CT molecular complexity index is 710. The molecule has 0 aromatic carbocycles. The number of nitrogens with zero attached hydrogens (tertiary/aromatic N) is 2. The molecule has 2 aromatic heterocycles. The molecule has 116 valence electrons. The lowest BCUT2D eigenvalue weighted by Crippen LogP contribution is -2.43. The van der Waals surface area contributed by atoms with Crippen molar-refractivity contribution in [2.75, 3.05) is 0 Å². The molecule has 1 aliphatic carbocycles. The van der Waals surface area contributed by atoms with Crippen molar-refractivity contribution in [3.05, 3.63) is 38.8 Å². The normalized spacial score (nSPS) is 13.0. The third-order valence-electron chi connectivity index (χ3n) is 3.68. The molecule has 0 radical (unpaired) electrons. The number of fused-ring (bicyclic) bond motifs is 1. The molecule has 2 aromatic rings. The van der Waals surface area contributed by atoms with E-state index in [1.165, 1.54) is 28.2 Å². The van der Waals surface area contributed by atoms with E-state index in [1.54, 1.807) is 4.68 Å². The number of aromatic nitrogens is 2. The van der Waals surface area contributed by atoms with E-state index in [-0.39, 0.29) is 18.4 Å². The van der Waals surface area contributed by atoms with Crippen molar-refractivity contribution in [1.82, 2.24) is 20.6 Å². The average molecular weight is 318 g/mol. The molecule has 0 fully saturated rings. The summed E-state index contributed by atoms with van der Waals surface area (Å²) in [6.45, 7) is 3.85. The molecule has 0 unspecified atom stereocenters. The summed E-state index contributed by atoms with van der Waals surface area (Å²) >= 11 is 1.51. The number of carbonyl (C=O) groups is 2. The first-order chi connectivity index (χ1) is 10.5. The van der Waals surface area contributed by atoms with Crippen LogP contribution in [0.3, 0.4) is 0 Å². The van der Waals surface area contributed by atoms with Crippen LogP contribution in [-0.4, -0.2) is 21.6 Å². The summed E-state index contributed by atoms with van der Waals surface area (Å²) in [5.41, 5.74) is 7.94. The van der Waals surface area contributed by atoms with Gasteiger partial charge >= 0.3 is 0 Å². The highest BCUT2D eigenvalue weighted by Gasteiger charge is 2.18. The maximum Gasteiger partial charge on any atom is 0.279 e. The fraction of sp³-hybridized carbons (Fsp3) is 0.400. The maximum atomic E-state index is 12.0. The largest absolute Gasteiger partial charge is 0.279 e.